The molecule has 146 valence electrons. The monoisotopic (exact) mass is 394 g/mol. The van der Waals surface area contributed by atoms with Gasteiger partial charge >= 0.3 is 6.36 Å². The van der Waals surface area contributed by atoms with Gasteiger partial charge in [0.15, 0.2) is 0 Å². The molecule has 1 aliphatic rings. The number of ether oxygens (including phenoxy) is 1. The zero-order valence-corrected chi connectivity index (χ0v) is 15.3. The van der Waals surface area contributed by atoms with Gasteiger partial charge in [0.25, 0.3) is 0 Å². The number of amides is 1. The molecule has 1 fully saturated rings. The summed E-state index contributed by atoms with van der Waals surface area (Å²) in [5.74, 6) is -0.270. The van der Waals surface area contributed by atoms with E-state index in [0.29, 0.717) is 19.5 Å². The molecule has 0 N–H and O–H groups in total. The summed E-state index contributed by atoms with van der Waals surface area (Å²) in [5.41, 5.74) is 0. The van der Waals surface area contributed by atoms with Crippen molar-refractivity contribution in [2.75, 3.05) is 26.2 Å². The van der Waals surface area contributed by atoms with Crippen LogP contribution in [0.1, 0.15) is 20.3 Å². The van der Waals surface area contributed by atoms with E-state index in [0.717, 1.165) is 24.3 Å². The SMILES string of the molecule is CC(C)CC(=O)N1CCN(S(=O)(=O)c2ccc(OC(F)(F)F)cc2)CC1. The predicted molar refractivity (Wildman–Crippen MR) is 87.9 cm³/mol. The topological polar surface area (TPSA) is 66.9 Å². The molecule has 1 amide bonds. The molecule has 0 aliphatic carbocycles. The lowest BCUT2D eigenvalue weighted by Gasteiger charge is -2.34. The largest absolute Gasteiger partial charge is 0.573 e. The molecule has 0 bridgehead atoms. The van der Waals surface area contributed by atoms with Crippen molar-refractivity contribution in [1.82, 2.24) is 9.21 Å². The van der Waals surface area contributed by atoms with Crippen molar-refractivity contribution in [3.63, 3.8) is 0 Å². The lowest BCUT2D eigenvalue weighted by atomic mass is 10.1. The highest BCUT2D eigenvalue weighted by molar-refractivity contribution is 7.89. The number of sulfonamides is 1. The summed E-state index contributed by atoms with van der Waals surface area (Å²) >= 11 is 0. The minimum Gasteiger partial charge on any atom is -0.406 e. The van der Waals surface area contributed by atoms with Gasteiger partial charge in [0, 0.05) is 32.6 Å². The Morgan fingerprint density at radius 1 is 1.12 bits per heavy atom. The maximum Gasteiger partial charge on any atom is 0.573 e. The van der Waals surface area contributed by atoms with E-state index in [2.05, 4.69) is 4.74 Å². The molecule has 0 saturated carbocycles. The van der Waals surface area contributed by atoms with Crippen molar-refractivity contribution >= 4 is 15.9 Å². The van der Waals surface area contributed by atoms with Gasteiger partial charge in [-0.1, -0.05) is 13.8 Å². The summed E-state index contributed by atoms with van der Waals surface area (Å²) in [6, 6.07) is 4.07. The van der Waals surface area contributed by atoms with Crippen molar-refractivity contribution in [2.24, 2.45) is 5.92 Å². The molecule has 0 aromatic heterocycles. The number of nitrogens with zero attached hydrogens (tertiary/aromatic N) is 2. The summed E-state index contributed by atoms with van der Waals surface area (Å²) in [4.78, 5) is 13.6. The van der Waals surface area contributed by atoms with Crippen molar-refractivity contribution in [1.29, 1.82) is 0 Å². The van der Waals surface area contributed by atoms with E-state index in [1.165, 1.54) is 4.31 Å². The van der Waals surface area contributed by atoms with Crippen molar-refractivity contribution in [3.8, 4) is 5.75 Å². The van der Waals surface area contributed by atoms with Crippen LogP contribution in [0.4, 0.5) is 13.2 Å². The van der Waals surface area contributed by atoms with Gasteiger partial charge < -0.3 is 9.64 Å². The average molecular weight is 394 g/mol. The highest BCUT2D eigenvalue weighted by Gasteiger charge is 2.32. The van der Waals surface area contributed by atoms with Crippen LogP contribution in [0.2, 0.25) is 0 Å². The maximum atomic E-state index is 12.6. The van der Waals surface area contributed by atoms with E-state index in [1.807, 2.05) is 13.8 Å². The molecule has 26 heavy (non-hydrogen) atoms. The van der Waals surface area contributed by atoms with Gasteiger partial charge in [0.05, 0.1) is 4.90 Å². The molecule has 1 heterocycles. The van der Waals surface area contributed by atoms with Gasteiger partial charge in [-0.2, -0.15) is 4.31 Å². The van der Waals surface area contributed by atoms with Gasteiger partial charge in [-0.05, 0) is 30.2 Å². The molecule has 0 atom stereocenters. The predicted octanol–water partition coefficient (Wildman–Crippen LogP) is 2.46. The lowest BCUT2D eigenvalue weighted by Crippen LogP contribution is -2.50. The Balaban J connectivity index is 2.02. The number of hydrogen-bond acceptors (Lipinski definition) is 4. The molecule has 6 nitrogen and oxygen atoms in total. The first kappa shape index (κ1) is 20.5. The Bertz CT molecular complexity index is 725. The highest BCUT2D eigenvalue weighted by atomic mass is 32.2. The zero-order valence-electron chi connectivity index (χ0n) is 14.5. The normalized spacial score (nSPS) is 16.8. The number of hydrogen-bond donors (Lipinski definition) is 0. The molecular formula is C16H21F3N2O4S. The third-order valence-corrected chi connectivity index (χ3v) is 5.78. The van der Waals surface area contributed by atoms with E-state index >= 15 is 0 Å². The number of rotatable bonds is 5. The van der Waals surface area contributed by atoms with Crippen LogP contribution in [0.3, 0.4) is 0 Å². The molecule has 2 rings (SSSR count). The standard InChI is InChI=1S/C16H21F3N2O4S/c1-12(2)11-15(22)20-7-9-21(10-8-20)26(23,24)14-5-3-13(4-6-14)25-16(17,18)19/h3-6,12H,7-11H2,1-2H3. The molecule has 1 aliphatic heterocycles. The Morgan fingerprint density at radius 3 is 2.12 bits per heavy atom. The number of halogens is 3. The van der Waals surface area contributed by atoms with Crippen LogP contribution in [0.5, 0.6) is 5.75 Å². The molecular weight excluding hydrogens is 373 g/mol. The number of benzene rings is 1. The fourth-order valence-electron chi connectivity index (χ4n) is 2.62. The van der Waals surface area contributed by atoms with Gasteiger partial charge in [0.1, 0.15) is 5.75 Å². The molecule has 0 spiro atoms. The first-order chi connectivity index (χ1) is 12.0. The maximum absolute atomic E-state index is 12.6. The second-order valence-corrected chi connectivity index (χ2v) is 8.34. The fourth-order valence-corrected chi connectivity index (χ4v) is 4.04. The van der Waals surface area contributed by atoms with Crippen LogP contribution in [0, 0.1) is 5.92 Å². The van der Waals surface area contributed by atoms with Crippen LogP contribution in [-0.2, 0) is 14.8 Å². The molecule has 1 aromatic carbocycles. The number of piperazine rings is 1. The Labute approximate surface area is 150 Å². The van der Waals surface area contributed by atoms with Crippen LogP contribution in [0.15, 0.2) is 29.2 Å². The Hall–Kier alpha value is -1.81. The van der Waals surface area contributed by atoms with Gasteiger partial charge in [-0.3, -0.25) is 4.79 Å². The third-order valence-electron chi connectivity index (χ3n) is 3.87. The van der Waals surface area contributed by atoms with Crippen LogP contribution < -0.4 is 4.74 Å². The summed E-state index contributed by atoms with van der Waals surface area (Å²) in [5, 5.41) is 0. The lowest BCUT2D eigenvalue weighted by molar-refractivity contribution is -0.274. The van der Waals surface area contributed by atoms with Crippen LogP contribution in [0.25, 0.3) is 0 Å². The van der Waals surface area contributed by atoms with Crippen LogP contribution in [-0.4, -0.2) is 56.1 Å². The Kier molecular flexibility index (Phi) is 6.17. The Morgan fingerprint density at radius 2 is 1.65 bits per heavy atom. The van der Waals surface area contributed by atoms with Crippen molar-refractivity contribution < 1.29 is 31.1 Å². The van der Waals surface area contributed by atoms with Crippen molar-refractivity contribution in [3.05, 3.63) is 24.3 Å². The second kappa shape index (κ2) is 7.83. The molecule has 0 unspecified atom stereocenters. The number of carbonyl (C=O) groups is 1. The molecule has 1 aromatic rings. The van der Waals surface area contributed by atoms with E-state index in [4.69, 9.17) is 0 Å². The summed E-state index contributed by atoms with van der Waals surface area (Å²) in [6.07, 6.45) is -4.42. The quantitative estimate of drug-likeness (QED) is 0.770. The highest BCUT2D eigenvalue weighted by Crippen LogP contribution is 2.25. The first-order valence-electron chi connectivity index (χ1n) is 8.13. The fraction of sp³-hybridized carbons (Fsp3) is 0.562. The molecule has 1 saturated heterocycles. The number of carbonyl (C=O) groups excluding carboxylic acids is 1. The summed E-state index contributed by atoms with van der Waals surface area (Å²) in [7, 11) is -3.84. The summed E-state index contributed by atoms with van der Waals surface area (Å²) in [6.45, 7) is 4.75. The van der Waals surface area contributed by atoms with E-state index in [9.17, 15) is 26.4 Å². The average Bonchev–Trinajstić information content (AvgIpc) is 2.53. The van der Waals surface area contributed by atoms with E-state index in [1.54, 1.807) is 4.90 Å². The van der Waals surface area contributed by atoms with E-state index < -0.39 is 22.1 Å². The van der Waals surface area contributed by atoms with Gasteiger partial charge in [-0.15, -0.1) is 13.2 Å². The second-order valence-electron chi connectivity index (χ2n) is 6.40. The first-order valence-corrected chi connectivity index (χ1v) is 9.57. The minimum absolute atomic E-state index is 0.00861. The zero-order chi connectivity index (χ0) is 19.5. The molecule has 10 heteroatoms. The third kappa shape index (κ3) is 5.34. The molecule has 0 radical (unpaired) electrons. The van der Waals surface area contributed by atoms with E-state index in [-0.39, 0.29) is 29.8 Å². The van der Waals surface area contributed by atoms with Crippen LogP contribution >= 0.6 is 0 Å². The van der Waals surface area contributed by atoms with Gasteiger partial charge in [-0.25, -0.2) is 8.42 Å². The summed E-state index contributed by atoms with van der Waals surface area (Å²) < 4.78 is 66.7. The smallest absolute Gasteiger partial charge is 0.406 e. The minimum atomic E-state index is -4.83. The number of alkyl halides is 3. The van der Waals surface area contributed by atoms with Crippen molar-refractivity contribution in [2.45, 2.75) is 31.5 Å². The van der Waals surface area contributed by atoms with Gasteiger partial charge in [0.2, 0.25) is 15.9 Å².